The lowest BCUT2D eigenvalue weighted by Gasteiger charge is -2.36. The molecule has 4 nitrogen and oxygen atoms in total. The highest BCUT2D eigenvalue weighted by atomic mass is 16.4. The molecular weight excluding hydrogens is 192 g/mol. The number of piperazine rings is 1. The normalized spacial score (nSPS) is 19.4. The molecule has 0 amide bonds. The Bertz CT molecular complexity index is 243. The van der Waals surface area contributed by atoms with Crippen LogP contribution in [0.5, 0.6) is 0 Å². The molecule has 1 saturated heterocycles. The van der Waals surface area contributed by atoms with Crippen LogP contribution < -0.4 is 0 Å². The van der Waals surface area contributed by atoms with Gasteiger partial charge in [0.15, 0.2) is 0 Å². The highest BCUT2D eigenvalue weighted by Crippen LogP contribution is 2.07. The number of carboxylic acids is 1. The van der Waals surface area contributed by atoms with Crippen LogP contribution in [0.2, 0.25) is 0 Å². The molecule has 0 aliphatic carbocycles. The molecule has 4 heteroatoms. The maximum atomic E-state index is 10.6. The fourth-order valence-corrected chi connectivity index (χ4v) is 1.78. The smallest absolute Gasteiger partial charge is 0.332 e. The summed E-state index contributed by atoms with van der Waals surface area (Å²) in [4.78, 5) is 15.2. The number of hydrogen-bond acceptors (Lipinski definition) is 3. The molecule has 86 valence electrons. The van der Waals surface area contributed by atoms with E-state index in [4.69, 9.17) is 5.11 Å². The second-order valence-corrected chi connectivity index (χ2v) is 4.31. The lowest BCUT2D eigenvalue weighted by Crippen LogP contribution is -2.49. The van der Waals surface area contributed by atoms with Gasteiger partial charge in [-0.1, -0.05) is 6.58 Å². The maximum Gasteiger partial charge on any atom is 0.332 e. The van der Waals surface area contributed by atoms with E-state index in [-0.39, 0.29) is 5.57 Å². The zero-order valence-corrected chi connectivity index (χ0v) is 9.57. The van der Waals surface area contributed by atoms with Crippen LogP contribution >= 0.6 is 0 Å². The fourth-order valence-electron chi connectivity index (χ4n) is 1.78. The van der Waals surface area contributed by atoms with E-state index in [9.17, 15) is 4.79 Å². The summed E-state index contributed by atoms with van der Waals surface area (Å²) >= 11 is 0. The van der Waals surface area contributed by atoms with Gasteiger partial charge in [-0.15, -0.1) is 0 Å². The molecule has 1 N–H and O–H groups in total. The van der Waals surface area contributed by atoms with E-state index in [1.54, 1.807) is 0 Å². The molecule has 0 spiro atoms. The molecule has 1 rings (SSSR count). The van der Waals surface area contributed by atoms with E-state index in [1.807, 2.05) is 0 Å². The molecule has 15 heavy (non-hydrogen) atoms. The molecule has 0 saturated carbocycles. The molecule has 0 aromatic carbocycles. The predicted octanol–water partition coefficient (Wildman–Crippen LogP) is 0.653. The Labute approximate surface area is 91.2 Å². The molecule has 0 radical (unpaired) electrons. The first-order valence-electron chi connectivity index (χ1n) is 5.38. The van der Waals surface area contributed by atoms with E-state index in [2.05, 4.69) is 30.2 Å². The van der Waals surface area contributed by atoms with Crippen LogP contribution in [0.1, 0.15) is 13.8 Å². The van der Waals surface area contributed by atoms with Crippen LogP contribution in [-0.2, 0) is 4.79 Å². The van der Waals surface area contributed by atoms with Crippen LogP contribution in [0.25, 0.3) is 0 Å². The molecule has 0 aromatic heterocycles. The van der Waals surface area contributed by atoms with Gasteiger partial charge < -0.3 is 5.11 Å². The van der Waals surface area contributed by atoms with Crippen LogP contribution in [0.3, 0.4) is 0 Å². The van der Waals surface area contributed by atoms with Gasteiger partial charge in [0, 0.05) is 44.3 Å². The quantitative estimate of drug-likeness (QED) is 0.695. The van der Waals surface area contributed by atoms with Gasteiger partial charge in [0.2, 0.25) is 0 Å². The largest absolute Gasteiger partial charge is 0.478 e. The van der Waals surface area contributed by atoms with E-state index in [1.165, 1.54) is 0 Å². The topological polar surface area (TPSA) is 43.8 Å². The lowest BCUT2D eigenvalue weighted by atomic mass is 10.2. The number of hydrogen-bond donors (Lipinski definition) is 1. The monoisotopic (exact) mass is 212 g/mol. The third-order valence-electron chi connectivity index (χ3n) is 2.85. The molecule has 1 heterocycles. The molecule has 0 atom stereocenters. The van der Waals surface area contributed by atoms with E-state index < -0.39 is 5.97 Å². The lowest BCUT2D eigenvalue weighted by molar-refractivity contribution is -0.132. The minimum absolute atomic E-state index is 0.285. The fraction of sp³-hybridized carbons (Fsp3) is 0.727. The Kier molecular flexibility index (Phi) is 4.29. The van der Waals surface area contributed by atoms with Crippen LogP contribution in [-0.4, -0.2) is 59.6 Å². The number of aliphatic carboxylic acids is 1. The van der Waals surface area contributed by atoms with Crippen LogP contribution in [0.15, 0.2) is 12.2 Å². The minimum atomic E-state index is -0.888. The van der Waals surface area contributed by atoms with E-state index >= 15 is 0 Å². The Morgan fingerprint density at radius 3 is 2.27 bits per heavy atom. The summed E-state index contributed by atoms with van der Waals surface area (Å²) in [5.41, 5.74) is 0.285. The number of rotatable bonds is 4. The number of carboxylic acid groups (broad SMARTS) is 1. The second kappa shape index (κ2) is 5.28. The third-order valence-corrected chi connectivity index (χ3v) is 2.85. The Morgan fingerprint density at radius 1 is 1.33 bits per heavy atom. The number of nitrogens with zero attached hydrogens (tertiary/aromatic N) is 2. The molecule has 0 unspecified atom stereocenters. The van der Waals surface area contributed by atoms with Crippen LogP contribution in [0, 0.1) is 0 Å². The summed E-state index contributed by atoms with van der Waals surface area (Å²) < 4.78 is 0. The Balaban J connectivity index is 2.32. The third kappa shape index (κ3) is 3.64. The van der Waals surface area contributed by atoms with Gasteiger partial charge in [-0.3, -0.25) is 9.80 Å². The first-order chi connectivity index (χ1) is 7.00. The Hall–Kier alpha value is -0.870. The van der Waals surface area contributed by atoms with Crippen molar-refractivity contribution in [2.45, 2.75) is 19.9 Å². The van der Waals surface area contributed by atoms with Gasteiger partial charge in [0.1, 0.15) is 0 Å². The summed E-state index contributed by atoms with van der Waals surface area (Å²) in [5, 5.41) is 8.72. The summed E-state index contributed by atoms with van der Waals surface area (Å²) in [6, 6.07) is 0.579. The summed E-state index contributed by atoms with van der Waals surface area (Å²) in [7, 11) is 0. The summed E-state index contributed by atoms with van der Waals surface area (Å²) in [5.74, 6) is -0.888. The molecule has 1 fully saturated rings. The zero-order chi connectivity index (χ0) is 11.4. The molecular formula is C11H20N2O2. The van der Waals surface area contributed by atoms with E-state index in [0.717, 1.165) is 26.2 Å². The summed E-state index contributed by atoms with van der Waals surface area (Å²) in [6.45, 7) is 12.3. The van der Waals surface area contributed by atoms with Crippen LogP contribution in [0.4, 0.5) is 0 Å². The van der Waals surface area contributed by atoms with Gasteiger partial charge in [-0.25, -0.2) is 4.79 Å². The van der Waals surface area contributed by atoms with Gasteiger partial charge in [0.05, 0.1) is 0 Å². The standard InChI is InChI=1S/C11H20N2O2/c1-9(2)13-6-4-12(5-7-13)8-10(3)11(14)15/h9H,3-8H2,1-2H3,(H,14,15). The van der Waals surface area contributed by atoms with Gasteiger partial charge in [-0.2, -0.15) is 0 Å². The zero-order valence-electron chi connectivity index (χ0n) is 9.57. The number of carbonyl (C=O) groups is 1. The van der Waals surface area contributed by atoms with Crippen molar-refractivity contribution < 1.29 is 9.90 Å². The van der Waals surface area contributed by atoms with Crippen molar-refractivity contribution in [2.24, 2.45) is 0 Å². The Morgan fingerprint density at radius 2 is 1.87 bits per heavy atom. The van der Waals surface area contributed by atoms with Crippen molar-refractivity contribution in [3.63, 3.8) is 0 Å². The molecule has 0 aromatic rings. The van der Waals surface area contributed by atoms with Gasteiger partial charge >= 0.3 is 5.97 Å². The van der Waals surface area contributed by atoms with Crippen molar-refractivity contribution >= 4 is 5.97 Å². The average molecular weight is 212 g/mol. The van der Waals surface area contributed by atoms with E-state index in [0.29, 0.717) is 12.6 Å². The molecule has 1 aliphatic rings. The van der Waals surface area contributed by atoms with Crippen molar-refractivity contribution in [3.8, 4) is 0 Å². The maximum absolute atomic E-state index is 10.6. The van der Waals surface area contributed by atoms with Gasteiger partial charge in [0.25, 0.3) is 0 Å². The van der Waals surface area contributed by atoms with Crippen molar-refractivity contribution in [2.75, 3.05) is 32.7 Å². The van der Waals surface area contributed by atoms with Crippen molar-refractivity contribution in [3.05, 3.63) is 12.2 Å². The highest BCUT2D eigenvalue weighted by Gasteiger charge is 2.19. The SMILES string of the molecule is C=C(CN1CCN(C(C)C)CC1)C(=O)O. The first kappa shape index (κ1) is 12.2. The highest BCUT2D eigenvalue weighted by molar-refractivity contribution is 5.86. The van der Waals surface area contributed by atoms with Crippen molar-refractivity contribution in [1.29, 1.82) is 0 Å². The van der Waals surface area contributed by atoms with Crippen molar-refractivity contribution in [1.82, 2.24) is 9.80 Å². The minimum Gasteiger partial charge on any atom is -0.478 e. The summed E-state index contributed by atoms with van der Waals surface area (Å²) in [6.07, 6.45) is 0. The second-order valence-electron chi connectivity index (χ2n) is 4.31. The molecule has 1 aliphatic heterocycles. The average Bonchev–Trinajstić information content (AvgIpc) is 2.18. The molecule has 0 bridgehead atoms. The predicted molar refractivity (Wildman–Crippen MR) is 59.9 cm³/mol. The van der Waals surface area contributed by atoms with Gasteiger partial charge in [-0.05, 0) is 13.8 Å². The first-order valence-corrected chi connectivity index (χ1v) is 5.38.